The van der Waals surface area contributed by atoms with Gasteiger partial charge in [-0.2, -0.15) is 0 Å². The van der Waals surface area contributed by atoms with Crippen LogP contribution < -0.4 is 10.6 Å². The van der Waals surface area contributed by atoms with Crippen molar-refractivity contribution in [1.29, 1.82) is 0 Å². The Bertz CT molecular complexity index is 330. The van der Waals surface area contributed by atoms with Crippen LogP contribution in [0.3, 0.4) is 0 Å². The van der Waals surface area contributed by atoms with Gasteiger partial charge >= 0.3 is 0 Å². The number of guanidine groups is 1. The lowest BCUT2D eigenvalue weighted by atomic mass is 10.1. The van der Waals surface area contributed by atoms with Crippen molar-refractivity contribution in [1.82, 2.24) is 20.4 Å². The Kier molecular flexibility index (Phi) is 7.46. The van der Waals surface area contributed by atoms with Crippen molar-refractivity contribution in [2.75, 3.05) is 52.9 Å². The maximum Gasteiger partial charge on any atom is 0.191 e. The Morgan fingerprint density at radius 2 is 1.77 bits per heavy atom. The van der Waals surface area contributed by atoms with Crippen LogP contribution in [0.4, 0.5) is 0 Å². The third kappa shape index (κ3) is 5.76. The highest BCUT2D eigenvalue weighted by atomic mass is 15.3. The van der Waals surface area contributed by atoms with Gasteiger partial charge in [0.2, 0.25) is 0 Å². The van der Waals surface area contributed by atoms with Crippen molar-refractivity contribution >= 4 is 5.96 Å². The molecule has 0 amide bonds. The first-order chi connectivity index (χ1) is 10.7. The molecule has 2 fully saturated rings. The van der Waals surface area contributed by atoms with Gasteiger partial charge in [0, 0.05) is 52.4 Å². The SMILES string of the molecule is CCN1CCN(CC(C)CNC(=NC)NC2CCCC2)CC1. The number of nitrogens with zero attached hydrogens (tertiary/aromatic N) is 3. The topological polar surface area (TPSA) is 42.9 Å². The molecule has 2 aliphatic rings. The zero-order chi connectivity index (χ0) is 15.8. The van der Waals surface area contributed by atoms with Crippen LogP contribution in [0.15, 0.2) is 4.99 Å². The van der Waals surface area contributed by atoms with Crippen LogP contribution in [0.5, 0.6) is 0 Å². The van der Waals surface area contributed by atoms with E-state index in [1.54, 1.807) is 0 Å². The van der Waals surface area contributed by atoms with E-state index in [9.17, 15) is 0 Å². The van der Waals surface area contributed by atoms with Gasteiger partial charge in [0.15, 0.2) is 5.96 Å². The summed E-state index contributed by atoms with van der Waals surface area (Å²) in [5, 5.41) is 7.06. The average Bonchev–Trinajstić information content (AvgIpc) is 3.05. The minimum Gasteiger partial charge on any atom is -0.356 e. The molecule has 1 aliphatic carbocycles. The Hall–Kier alpha value is -0.810. The van der Waals surface area contributed by atoms with Gasteiger partial charge in [-0.1, -0.05) is 26.7 Å². The minimum absolute atomic E-state index is 0.628. The van der Waals surface area contributed by atoms with E-state index in [0.717, 1.165) is 12.5 Å². The number of likely N-dealkylation sites (N-methyl/N-ethyl adjacent to an activating group) is 1. The third-order valence-corrected chi connectivity index (χ3v) is 5.02. The molecule has 22 heavy (non-hydrogen) atoms. The molecule has 1 saturated heterocycles. The molecule has 5 heteroatoms. The van der Waals surface area contributed by atoms with Gasteiger partial charge in [-0.3, -0.25) is 4.99 Å². The Morgan fingerprint density at radius 1 is 1.14 bits per heavy atom. The molecule has 5 nitrogen and oxygen atoms in total. The predicted molar refractivity (Wildman–Crippen MR) is 94.5 cm³/mol. The van der Waals surface area contributed by atoms with Crippen LogP contribution in [0.1, 0.15) is 39.5 Å². The average molecular weight is 310 g/mol. The highest BCUT2D eigenvalue weighted by Gasteiger charge is 2.18. The van der Waals surface area contributed by atoms with E-state index in [1.165, 1.54) is 65.0 Å². The molecule has 1 saturated carbocycles. The predicted octanol–water partition coefficient (Wildman–Crippen LogP) is 1.37. The van der Waals surface area contributed by atoms with E-state index in [2.05, 4.69) is 39.3 Å². The second-order valence-electron chi connectivity index (χ2n) is 6.92. The molecule has 0 bridgehead atoms. The number of hydrogen-bond donors (Lipinski definition) is 2. The molecule has 1 atom stereocenters. The van der Waals surface area contributed by atoms with Gasteiger partial charge < -0.3 is 20.4 Å². The minimum atomic E-state index is 0.628. The summed E-state index contributed by atoms with van der Waals surface area (Å²) in [7, 11) is 1.87. The lowest BCUT2D eigenvalue weighted by Crippen LogP contribution is -2.49. The number of aliphatic imine (C=N–C) groups is 1. The lowest BCUT2D eigenvalue weighted by molar-refractivity contribution is 0.124. The van der Waals surface area contributed by atoms with Crippen molar-refractivity contribution in [2.45, 2.75) is 45.6 Å². The third-order valence-electron chi connectivity index (χ3n) is 5.02. The van der Waals surface area contributed by atoms with Crippen molar-refractivity contribution in [3.63, 3.8) is 0 Å². The fraction of sp³-hybridized carbons (Fsp3) is 0.941. The lowest BCUT2D eigenvalue weighted by Gasteiger charge is -2.35. The largest absolute Gasteiger partial charge is 0.356 e. The van der Waals surface area contributed by atoms with Crippen LogP contribution in [0, 0.1) is 5.92 Å². The molecule has 0 radical (unpaired) electrons. The summed E-state index contributed by atoms with van der Waals surface area (Å²) in [6, 6.07) is 0.628. The van der Waals surface area contributed by atoms with Crippen LogP contribution in [0.2, 0.25) is 0 Å². The molecule has 0 aromatic heterocycles. The highest BCUT2D eigenvalue weighted by Crippen LogP contribution is 2.17. The highest BCUT2D eigenvalue weighted by molar-refractivity contribution is 5.79. The van der Waals surface area contributed by atoms with Gasteiger partial charge in [-0.15, -0.1) is 0 Å². The van der Waals surface area contributed by atoms with Gasteiger partial charge in [0.05, 0.1) is 0 Å². The van der Waals surface area contributed by atoms with E-state index in [4.69, 9.17) is 0 Å². The summed E-state index contributed by atoms with van der Waals surface area (Å²) in [6.45, 7) is 12.8. The Balaban J connectivity index is 1.62. The number of hydrogen-bond acceptors (Lipinski definition) is 3. The summed E-state index contributed by atoms with van der Waals surface area (Å²) < 4.78 is 0. The van der Waals surface area contributed by atoms with Crippen molar-refractivity contribution < 1.29 is 0 Å². The summed E-state index contributed by atoms with van der Waals surface area (Å²) in [5.74, 6) is 1.63. The van der Waals surface area contributed by atoms with Crippen molar-refractivity contribution in [2.24, 2.45) is 10.9 Å². The molecular weight excluding hydrogens is 274 g/mol. The van der Waals surface area contributed by atoms with Crippen LogP contribution in [-0.4, -0.2) is 74.7 Å². The summed E-state index contributed by atoms with van der Waals surface area (Å²) in [4.78, 5) is 9.50. The maximum atomic E-state index is 4.37. The summed E-state index contributed by atoms with van der Waals surface area (Å²) in [5.41, 5.74) is 0. The molecule has 0 aromatic carbocycles. The first-order valence-corrected chi connectivity index (χ1v) is 9.13. The fourth-order valence-electron chi connectivity index (χ4n) is 3.52. The molecule has 1 unspecified atom stereocenters. The smallest absolute Gasteiger partial charge is 0.191 e. The Morgan fingerprint density at radius 3 is 2.36 bits per heavy atom. The number of nitrogens with one attached hydrogen (secondary N) is 2. The van der Waals surface area contributed by atoms with E-state index in [-0.39, 0.29) is 0 Å². The van der Waals surface area contributed by atoms with Crippen molar-refractivity contribution in [3.8, 4) is 0 Å². The molecule has 0 spiro atoms. The van der Waals surface area contributed by atoms with Crippen LogP contribution in [-0.2, 0) is 0 Å². The molecule has 1 heterocycles. The maximum absolute atomic E-state index is 4.37. The summed E-state index contributed by atoms with van der Waals surface area (Å²) >= 11 is 0. The second-order valence-corrected chi connectivity index (χ2v) is 6.92. The number of piperazine rings is 1. The van der Waals surface area contributed by atoms with E-state index in [0.29, 0.717) is 12.0 Å². The monoisotopic (exact) mass is 309 g/mol. The van der Waals surface area contributed by atoms with E-state index >= 15 is 0 Å². The first kappa shape index (κ1) is 17.5. The molecule has 1 aliphatic heterocycles. The van der Waals surface area contributed by atoms with Crippen LogP contribution in [0.25, 0.3) is 0 Å². The molecular formula is C17H35N5. The van der Waals surface area contributed by atoms with Gasteiger partial charge in [0.1, 0.15) is 0 Å². The normalized spacial score (nSPS) is 23.7. The first-order valence-electron chi connectivity index (χ1n) is 9.13. The summed E-state index contributed by atoms with van der Waals surface area (Å²) in [6.07, 6.45) is 5.29. The number of rotatable bonds is 6. The van der Waals surface area contributed by atoms with Gasteiger partial charge in [-0.25, -0.2) is 0 Å². The van der Waals surface area contributed by atoms with Crippen molar-refractivity contribution in [3.05, 3.63) is 0 Å². The van der Waals surface area contributed by atoms with Gasteiger partial charge in [-0.05, 0) is 25.3 Å². The fourth-order valence-corrected chi connectivity index (χ4v) is 3.52. The zero-order valence-corrected chi connectivity index (χ0v) is 14.8. The van der Waals surface area contributed by atoms with E-state index in [1.807, 2.05) is 7.05 Å². The molecule has 2 rings (SSSR count). The quantitative estimate of drug-likeness (QED) is 0.574. The van der Waals surface area contributed by atoms with E-state index < -0.39 is 0 Å². The molecule has 128 valence electrons. The van der Waals surface area contributed by atoms with Crippen LogP contribution >= 0.6 is 0 Å². The second kappa shape index (κ2) is 9.36. The molecule has 0 aromatic rings. The zero-order valence-electron chi connectivity index (χ0n) is 14.8. The molecule has 2 N–H and O–H groups in total. The standard InChI is InChI=1S/C17H35N5/c1-4-21-9-11-22(12-10-21)14-15(2)13-19-17(18-3)20-16-7-5-6-8-16/h15-16H,4-14H2,1-3H3,(H2,18,19,20). The van der Waals surface area contributed by atoms with Gasteiger partial charge in [0.25, 0.3) is 0 Å². The Labute approximate surface area is 136 Å².